The third-order valence-corrected chi connectivity index (χ3v) is 4.19. The molecule has 146 valence electrons. The number of hydrogen-bond acceptors (Lipinski definition) is 3. The van der Waals surface area contributed by atoms with Crippen molar-refractivity contribution in [1.82, 2.24) is 5.32 Å². The van der Waals surface area contributed by atoms with E-state index in [-0.39, 0.29) is 5.70 Å². The largest absolute Gasteiger partial charge is 0.489 e. The second-order valence-electron chi connectivity index (χ2n) is 6.53. The molecule has 3 aromatic rings. The van der Waals surface area contributed by atoms with Crippen LogP contribution in [0, 0.1) is 6.92 Å². The Hall–Kier alpha value is -3.86. The molecule has 0 spiro atoms. The summed E-state index contributed by atoms with van der Waals surface area (Å²) in [6.45, 7) is 2.48. The van der Waals surface area contributed by atoms with Gasteiger partial charge in [-0.2, -0.15) is 0 Å². The number of ether oxygens (including phenoxy) is 1. The molecule has 3 aromatic carbocycles. The number of hydrogen-bond donors (Lipinski definition) is 2. The van der Waals surface area contributed by atoms with Gasteiger partial charge >= 0.3 is 5.97 Å². The van der Waals surface area contributed by atoms with Gasteiger partial charge in [0.1, 0.15) is 18.1 Å². The number of nitrogens with one attached hydrogen (secondary N) is 1. The minimum absolute atomic E-state index is 0.202. The zero-order chi connectivity index (χ0) is 20.6. The summed E-state index contributed by atoms with van der Waals surface area (Å²) < 4.78 is 5.77. The van der Waals surface area contributed by atoms with Crippen LogP contribution in [0.5, 0.6) is 5.75 Å². The van der Waals surface area contributed by atoms with E-state index in [2.05, 4.69) is 11.4 Å². The zero-order valence-corrected chi connectivity index (χ0v) is 16.0. The molecule has 5 heteroatoms. The molecule has 2 N–H and O–H groups in total. The van der Waals surface area contributed by atoms with E-state index in [1.807, 2.05) is 25.1 Å². The van der Waals surface area contributed by atoms with E-state index in [0.717, 1.165) is 5.56 Å². The van der Waals surface area contributed by atoms with Gasteiger partial charge in [0.25, 0.3) is 5.91 Å². The first kappa shape index (κ1) is 19.9. The first-order chi connectivity index (χ1) is 14.0. The number of amides is 1. The van der Waals surface area contributed by atoms with Crippen LogP contribution in [0.25, 0.3) is 6.08 Å². The van der Waals surface area contributed by atoms with Crippen LogP contribution in [-0.4, -0.2) is 17.0 Å². The summed E-state index contributed by atoms with van der Waals surface area (Å²) in [5.74, 6) is -1.01. The Labute approximate surface area is 169 Å². The lowest BCUT2D eigenvalue weighted by atomic mass is 10.1. The van der Waals surface area contributed by atoms with E-state index >= 15 is 0 Å². The molecule has 0 aliphatic rings. The van der Waals surface area contributed by atoms with Crippen molar-refractivity contribution >= 4 is 18.0 Å². The number of benzene rings is 3. The molecule has 0 fully saturated rings. The van der Waals surface area contributed by atoms with Crippen molar-refractivity contribution in [1.29, 1.82) is 0 Å². The summed E-state index contributed by atoms with van der Waals surface area (Å²) in [4.78, 5) is 23.7. The molecular weight excluding hydrogens is 366 g/mol. The standard InChI is InChI=1S/C24H21NO4/c1-17-6-5-7-19(14-17)16-29-21-12-10-18(11-13-21)15-22(24(27)28)25-23(26)20-8-3-2-4-9-20/h2-15H,16H2,1H3,(H,25,26)(H,27,28)/b22-15-. The monoisotopic (exact) mass is 387 g/mol. The lowest BCUT2D eigenvalue weighted by Crippen LogP contribution is -2.27. The fourth-order valence-corrected chi connectivity index (χ4v) is 2.73. The maximum absolute atomic E-state index is 12.2. The Morgan fingerprint density at radius 1 is 0.966 bits per heavy atom. The highest BCUT2D eigenvalue weighted by atomic mass is 16.5. The smallest absolute Gasteiger partial charge is 0.352 e. The second kappa shape index (κ2) is 9.37. The van der Waals surface area contributed by atoms with Crippen molar-refractivity contribution in [3.05, 3.63) is 107 Å². The summed E-state index contributed by atoms with van der Waals surface area (Å²) in [6.07, 6.45) is 1.41. The third kappa shape index (κ3) is 5.81. The highest BCUT2D eigenvalue weighted by Gasteiger charge is 2.13. The predicted molar refractivity (Wildman–Crippen MR) is 111 cm³/mol. The van der Waals surface area contributed by atoms with Crippen LogP contribution in [0.3, 0.4) is 0 Å². The molecule has 0 aliphatic carbocycles. The van der Waals surface area contributed by atoms with E-state index in [9.17, 15) is 14.7 Å². The van der Waals surface area contributed by atoms with Crippen LogP contribution >= 0.6 is 0 Å². The number of aryl methyl sites for hydroxylation is 1. The first-order valence-corrected chi connectivity index (χ1v) is 9.11. The fraction of sp³-hybridized carbons (Fsp3) is 0.0833. The Kier molecular flexibility index (Phi) is 6.43. The molecule has 29 heavy (non-hydrogen) atoms. The number of carbonyl (C=O) groups is 2. The highest BCUT2D eigenvalue weighted by molar-refractivity contribution is 6.02. The normalized spacial score (nSPS) is 11.0. The van der Waals surface area contributed by atoms with Gasteiger partial charge in [-0.15, -0.1) is 0 Å². The molecule has 5 nitrogen and oxygen atoms in total. The predicted octanol–water partition coefficient (Wildman–Crippen LogP) is 4.43. The van der Waals surface area contributed by atoms with Crippen LogP contribution < -0.4 is 10.1 Å². The number of carboxylic acid groups (broad SMARTS) is 1. The number of carbonyl (C=O) groups excluding carboxylic acids is 1. The lowest BCUT2D eigenvalue weighted by Gasteiger charge is -2.08. The van der Waals surface area contributed by atoms with Crippen molar-refractivity contribution < 1.29 is 19.4 Å². The Morgan fingerprint density at radius 3 is 2.34 bits per heavy atom. The SMILES string of the molecule is Cc1cccc(COc2ccc(/C=C(\NC(=O)c3ccccc3)C(=O)O)cc2)c1. The molecule has 0 atom stereocenters. The maximum atomic E-state index is 12.2. The van der Waals surface area contributed by atoms with E-state index in [4.69, 9.17) is 4.74 Å². The van der Waals surface area contributed by atoms with Gasteiger partial charge in [0.05, 0.1) is 0 Å². The van der Waals surface area contributed by atoms with Gasteiger partial charge in [-0.05, 0) is 48.4 Å². The molecule has 0 saturated carbocycles. The average molecular weight is 387 g/mol. The first-order valence-electron chi connectivity index (χ1n) is 9.11. The summed E-state index contributed by atoms with van der Waals surface area (Å²) in [5.41, 5.74) is 3.07. The van der Waals surface area contributed by atoms with Crippen LogP contribution in [0.2, 0.25) is 0 Å². The van der Waals surface area contributed by atoms with Gasteiger partial charge in [0, 0.05) is 5.56 Å². The van der Waals surface area contributed by atoms with Gasteiger partial charge in [0.2, 0.25) is 0 Å². The van der Waals surface area contributed by atoms with Crippen molar-refractivity contribution in [3.8, 4) is 5.75 Å². The van der Waals surface area contributed by atoms with Gasteiger partial charge < -0.3 is 15.2 Å². The van der Waals surface area contributed by atoms with Gasteiger partial charge in [0.15, 0.2) is 0 Å². The fourth-order valence-electron chi connectivity index (χ4n) is 2.73. The average Bonchev–Trinajstić information content (AvgIpc) is 2.73. The van der Waals surface area contributed by atoms with Crippen LogP contribution in [0.1, 0.15) is 27.0 Å². The minimum Gasteiger partial charge on any atom is -0.489 e. The Morgan fingerprint density at radius 2 is 1.69 bits per heavy atom. The van der Waals surface area contributed by atoms with Crippen molar-refractivity contribution in [2.24, 2.45) is 0 Å². The zero-order valence-electron chi connectivity index (χ0n) is 16.0. The third-order valence-electron chi connectivity index (χ3n) is 4.19. The van der Waals surface area contributed by atoms with Crippen molar-refractivity contribution in [2.75, 3.05) is 0 Å². The van der Waals surface area contributed by atoms with Crippen LogP contribution in [0.4, 0.5) is 0 Å². The molecule has 0 heterocycles. The summed E-state index contributed by atoms with van der Waals surface area (Å²) in [6, 6.07) is 23.5. The summed E-state index contributed by atoms with van der Waals surface area (Å²) >= 11 is 0. The molecule has 3 rings (SSSR count). The van der Waals surface area contributed by atoms with Gasteiger partial charge in [-0.1, -0.05) is 60.2 Å². The second-order valence-corrected chi connectivity index (χ2v) is 6.53. The molecule has 0 unspecified atom stereocenters. The number of rotatable bonds is 7. The van der Waals surface area contributed by atoms with Crippen LogP contribution in [0.15, 0.2) is 84.6 Å². The highest BCUT2D eigenvalue weighted by Crippen LogP contribution is 2.16. The van der Waals surface area contributed by atoms with Gasteiger partial charge in [-0.25, -0.2) is 4.79 Å². The summed E-state index contributed by atoms with van der Waals surface area (Å²) in [7, 11) is 0. The maximum Gasteiger partial charge on any atom is 0.352 e. The topological polar surface area (TPSA) is 75.6 Å². The molecule has 0 radical (unpaired) electrons. The van der Waals surface area contributed by atoms with Crippen molar-refractivity contribution in [2.45, 2.75) is 13.5 Å². The molecule has 0 bridgehead atoms. The molecular formula is C24H21NO4. The van der Waals surface area contributed by atoms with E-state index in [1.54, 1.807) is 54.6 Å². The molecule has 0 aromatic heterocycles. The minimum atomic E-state index is -1.21. The van der Waals surface area contributed by atoms with E-state index < -0.39 is 11.9 Å². The molecule has 0 saturated heterocycles. The Balaban J connectivity index is 1.67. The Bertz CT molecular complexity index is 1020. The van der Waals surface area contributed by atoms with E-state index in [1.165, 1.54) is 11.6 Å². The summed E-state index contributed by atoms with van der Waals surface area (Å²) in [5, 5.41) is 11.8. The number of carboxylic acids is 1. The quantitative estimate of drug-likeness (QED) is 0.588. The number of aliphatic carboxylic acids is 1. The van der Waals surface area contributed by atoms with Gasteiger partial charge in [-0.3, -0.25) is 4.79 Å². The van der Waals surface area contributed by atoms with Crippen molar-refractivity contribution in [3.63, 3.8) is 0 Å². The van der Waals surface area contributed by atoms with E-state index in [0.29, 0.717) is 23.5 Å². The molecule has 1 amide bonds. The van der Waals surface area contributed by atoms with Crippen LogP contribution in [-0.2, 0) is 11.4 Å². The lowest BCUT2D eigenvalue weighted by molar-refractivity contribution is -0.132. The molecule has 0 aliphatic heterocycles.